The summed E-state index contributed by atoms with van der Waals surface area (Å²) in [4.78, 5) is 12.2. The normalized spacial score (nSPS) is 10.6. The number of benzene rings is 3. The van der Waals surface area contributed by atoms with Crippen molar-refractivity contribution in [2.24, 2.45) is 0 Å². The van der Waals surface area contributed by atoms with Crippen molar-refractivity contribution >= 4 is 17.3 Å². The molecule has 0 fully saturated rings. The molecule has 0 aliphatic heterocycles. The van der Waals surface area contributed by atoms with Gasteiger partial charge in [0.2, 0.25) is 0 Å². The number of rotatable bonds is 6. The van der Waals surface area contributed by atoms with Gasteiger partial charge in [0.25, 0.3) is 5.91 Å². The first-order chi connectivity index (χ1) is 13.2. The summed E-state index contributed by atoms with van der Waals surface area (Å²) in [6.07, 6.45) is 1.38. The van der Waals surface area contributed by atoms with Crippen molar-refractivity contribution in [3.05, 3.63) is 96.7 Å². The molecule has 0 aliphatic rings. The van der Waals surface area contributed by atoms with Gasteiger partial charge in [0.05, 0.1) is 0 Å². The Morgan fingerprint density at radius 3 is 2.04 bits per heavy atom. The second kappa shape index (κ2) is 8.88. The lowest BCUT2D eigenvalue weighted by molar-refractivity contribution is -0.112. The average molecular weight is 355 g/mol. The summed E-state index contributed by atoms with van der Waals surface area (Å²) < 4.78 is 5.73. The number of para-hydroxylation sites is 2. The SMILES string of the molecule is N#C/C(=C\Nc1ccc(Oc2ccccc2)cc1)C(=O)Nc1ccccc1. The highest BCUT2D eigenvalue weighted by Crippen LogP contribution is 2.22. The van der Waals surface area contributed by atoms with Gasteiger partial charge >= 0.3 is 0 Å². The third-order valence-electron chi connectivity index (χ3n) is 3.61. The van der Waals surface area contributed by atoms with Crippen molar-refractivity contribution in [1.82, 2.24) is 0 Å². The highest BCUT2D eigenvalue weighted by Gasteiger charge is 2.09. The number of hydrogen-bond donors (Lipinski definition) is 2. The molecule has 0 bridgehead atoms. The number of hydrogen-bond acceptors (Lipinski definition) is 4. The third-order valence-corrected chi connectivity index (χ3v) is 3.61. The fourth-order valence-corrected chi connectivity index (χ4v) is 2.27. The quantitative estimate of drug-likeness (QED) is 0.485. The van der Waals surface area contributed by atoms with Gasteiger partial charge < -0.3 is 15.4 Å². The summed E-state index contributed by atoms with van der Waals surface area (Å²) in [5, 5.41) is 14.8. The summed E-state index contributed by atoms with van der Waals surface area (Å²) in [6.45, 7) is 0. The number of carbonyl (C=O) groups excluding carboxylic acids is 1. The van der Waals surface area contributed by atoms with E-state index in [9.17, 15) is 10.1 Å². The first kappa shape index (κ1) is 17.8. The highest BCUT2D eigenvalue weighted by atomic mass is 16.5. The zero-order chi connectivity index (χ0) is 18.9. The number of nitriles is 1. The number of nitrogens with zero attached hydrogens (tertiary/aromatic N) is 1. The van der Waals surface area contributed by atoms with Gasteiger partial charge in [-0.1, -0.05) is 36.4 Å². The number of carbonyl (C=O) groups is 1. The first-order valence-electron chi connectivity index (χ1n) is 8.31. The van der Waals surface area contributed by atoms with Crippen LogP contribution in [0.3, 0.4) is 0 Å². The molecule has 0 atom stereocenters. The Labute approximate surface area is 157 Å². The molecule has 0 aliphatic carbocycles. The molecule has 5 heteroatoms. The second-order valence-electron chi connectivity index (χ2n) is 5.57. The fraction of sp³-hybridized carbons (Fsp3) is 0. The van der Waals surface area contributed by atoms with Gasteiger partial charge in [-0.15, -0.1) is 0 Å². The van der Waals surface area contributed by atoms with E-state index in [1.807, 2.05) is 54.6 Å². The third kappa shape index (κ3) is 5.21. The van der Waals surface area contributed by atoms with E-state index < -0.39 is 5.91 Å². The number of ether oxygens (including phenoxy) is 1. The van der Waals surface area contributed by atoms with E-state index in [4.69, 9.17) is 4.74 Å². The molecule has 132 valence electrons. The van der Waals surface area contributed by atoms with Gasteiger partial charge in [-0.2, -0.15) is 5.26 Å². The number of amides is 1. The van der Waals surface area contributed by atoms with Crippen LogP contribution in [-0.2, 0) is 4.79 Å². The van der Waals surface area contributed by atoms with Crippen LogP contribution >= 0.6 is 0 Å². The standard InChI is InChI=1S/C22H17N3O2/c23-15-17(22(26)25-19-7-3-1-4-8-19)16-24-18-11-13-21(14-12-18)27-20-9-5-2-6-10-20/h1-14,16,24H,(H,25,26)/b17-16+. The van der Waals surface area contributed by atoms with Crippen LogP contribution in [-0.4, -0.2) is 5.91 Å². The van der Waals surface area contributed by atoms with E-state index in [0.717, 1.165) is 11.4 Å². The monoisotopic (exact) mass is 355 g/mol. The van der Waals surface area contributed by atoms with Gasteiger partial charge in [0, 0.05) is 17.6 Å². The van der Waals surface area contributed by atoms with Crippen molar-refractivity contribution in [1.29, 1.82) is 5.26 Å². The van der Waals surface area contributed by atoms with Crippen LogP contribution in [0.4, 0.5) is 11.4 Å². The maximum atomic E-state index is 12.2. The maximum Gasteiger partial charge on any atom is 0.267 e. The zero-order valence-corrected chi connectivity index (χ0v) is 14.4. The minimum Gasteiger partial charge on any atom is -0.457 e. The molecule has 2 N–H and O–H groups in total. The summed E-state index contributed by atoms with van der Waals surface area (Å²) >= 11 is 0. The lowest BCUT2D eigenvalue weighted by Gasteiger charge is -2.07. The minimum absolute atomic E-state index is 0.0246. The fourth-order valence-electron chi connectivity index (χ4n) is 2.27. The van der Waals surface area contributed by atoms with Crippen LogP contribution in [0.1, 0.15) is 0 Å². The summed E-state index contributed by atoms with van der Waals surface area (Å²) in [6, 6.07) is 27.6. The predicted molar refractivity (Wildman–Crippen MR) is 105 cm³/mol. The Morgan fingerprint density at radius 2 is 1.41 bits per heavy atom. The van der Waals surface area contributed by atoms with Gasteiger partial charge in [-0.25, -0.2) is 0 Å². The van der Waals surface area contributed by atoms with E-state index in [0.29, 0.717) is 11.4 Å². The maximum absolute atomic E-state index is 12.2. The molecule has 0 unspecified atom stereocenters. The Bertz CT molecular complexity index is 960. The van der Waals surface area contributed by atoms with Crippen LogP contribution < -0.4 is 15.4 Å². The minimum atomic E-state index is -0.472. The molecule has 3 aromatic carbocycles. The first-order valence-corrected chi connectivity index (χ1v) is 8.31. The molecule has 0 saturated carbocycles. The Kier molecular flexibility index (Phi) is 5.85. The summed E-state index contributed by atoms with van der Waals surface area (Å²) in [5.41, 5.74) is 1.34. The molecule has 0 saturated heterocycles. The lowest BCUT2D eigenvalue weighted by atomic mass is 10.2. The second-order valence-corrected chi connectivity index (χ2v) is 5.57. The number of anilines is 2. The van der Waals surface area contributed by atoms with Gasteiger partial charge in [-0.05, 0) is 48.5 Å². The molecule has 27 heavy (non-hydrogen) atoms. The Balaban J connectivity index is 1.61. The number of nitrogens with one attached hydrogen (secondary N) is 2. The van der Waals surface area contributed by atoms with E-state index in [1.165, 1.54) is 6.20 Å². The van der Waals surface area contributed by atoms with Gasteiger partial charge in [0.15, 0.2) is 0 Å². The highest BCUT2D eigenvalue weighted by molar-refractivity contribution is 6.06. The van der Waals surface area contributed by atoms with Crippen LogP contribution in [0.15, 0.2) is 96.7 Å². The molecule has 0 aromatic heterocycles. The smallest absolute Gasteiger partial charge is 0.267 e. The van der Waals surface area contributed by atoms with Crippen molar-refractivity contribution in [2.45, 2.75) is 0 Å². The largest absolute Gasteiger partial charge is 0.457 e. The van der Waals surface area contributed by atoms with Crippen molar-refractivity contribution in [2.75, 3.05) is 10.6 Å². The molecule has 3 rings (SSSR count). The molecular weight excluding hydrogens is 338 g/mol. The summed E-state index contributed by atoms with van der Waals surface area (Å²) in [5.74, 6) is 0.973. The zero-order valence-electron chi connectivity index (χ0n) is 14.4. The molecule has 0 spiro atoms. The van der Waals surface area contributed by atoms with Crippen LogP contribution in [0, 0.1) is 11.3 Å². The van der Waals surface area contributed by atoms with Crippen LogP contribution in [0.25, 0.3) is 0 Å². The average Bonchev–Trinajstić information content (AvgIpc) is 2.71. The van der Waals surface area contributed by atoms with Gasteiger partial charge in [0.1, 0.15) is 23.1 Å². The summed E-state index contributed by atoms with van der Waals surface area (Å²) in [7, 11) is 0. The van der Waals surface area contributed by atoms with E-state index in [-0.39, 0.29) is 5.57 Å². The van der Waals surface area contributed by atoms with Gasteiger partial charge in [-0.3, -0.25) is 4.79 Å². The predicted octanol–water partition coefficient (Wildman–Crippen LogP) is 4.94. The van der Waals surface area contributed by atoms with E-state index in [2.05, 4.69) is 10.6 Å². The van der Waals surface area contributed by atoms with E-state index in [1.54, 1.807) is 36.4 Å². The molecule has 5 nitrogen and oxygen atoms in total. The molecule has 1 amide bonds. The Hall–Kier alpha value is -4.04. The van der Waals surface area contributed by atoms with Crippen molar-refractivity contribution in [3.8, 4) is 17.6 Å². The molecule has 0 radical (unpaired) electrons. The molecule has 0 heterocycles. The Morgan fingerprint density at radius 1 is 0.815 bits per heavy atom. The van der Waals surface area contributed by atoms with E-state index >= 15 is 0 Å². The lowest BCUT2D eigenvalue weighted by Crippen LogP contribution is -2.14. The van der Waals surface area contributed by atoms with Crippen LogP contribution in [0.5, 0.6) is 11.5 Å². The molecular formula is C22H17N3O2. The topological polar surface area (TPSA) is 74.1 Å². The van der Waals surface area contributed by atoms with Crippen molar-refractivity contribution < 1.29 is 9.53 Å². The van der Waals surface area contributed by atoms with Crippen molar-refractivity contribution in [3.63, 3.8) is 0 Å². The molecule has 3 aromatic rings. The van der Waals surface area contributed by atoms with Crippen LogP contribution in [0.2, 0.25) is 0 Å².